The first-order valence-electron chi connectivity index (χ1n) is 6.11. The second-order valence-corrected chi connectivity index (χ2v) is 5.91. The molecule has 2 aromatic rings. The molecule has 104 valence electrons. The molecule has 3 rings (SSSR count). The van der Waals surface area contributed by atoms with Gasteiger partial charge in [0.2, 0.25) is 0 Å². The standard InChI is InChI=1S/C13H12N2O4S/c1-6-2-8-11-9(3-6)20-5-7(4-10(16)17)15(11)13(19)12(18)14-8/h2-3,7H,4-5H2,1H3,(H,14,18)(H,16,17). The van der Waals surface area contributed by atoms with E-state index in [1.165, 1.54) is 16.3 Å². The summed E-state index contributed by atoms with van der Waals surface area (Å²) in [6.45, 7) is 1.91. The van der Waals surface area contributed by atoms with Gasteiger partial charge in [0.25, 0.3) is 0 Å². The number of aryl methyl sites for hydroxylation is 1. The van der Waals surface area contributed by atoms with Gasteiger partial charge in [0.15, 0.2) is 0 Å². The molecule has 0 aliphatic carbocycles. The van der Waals surface area contributed by atoms with Gasteiger partial charge in [-0.05, 0) is 24.6 Å². The molecule has 0 spiro atoms. The smallest absolute Gasteiger partial charge is 0.317 e. The van der Waals surface area contributed by atoms with Crippen LogP contribution in [0.25, 0.3) is 11.0 Å². The Morgan fingerprint density at radius 2 is 2.25 bits per heavy atom. The summed E-state index contributed by atoms with van der Waals surface area (Å²) in [5, 5.41) is 8.96. The van der Waals surface area contributed by atoms with Crippen molar-refractivity contribution in [2.24, 2.45) is 0 Å². The van der Waals surface area contributed by atoms with E-state index in [0.717, 1.165) is 10.5 Å². The number of hydrogen-bond donors (Lipinski definition) is 2. The summed E-state index contributed by atoms with van der Waals surface area (Å²) in [4.78, 5) is 38.3. The number of nitrogens with zero attached hydrogens (tertiary/aromatic N) is 1. The number of benzene rings is 1. The van der Waals surface area contributed by atoms with Crippen LogP contribution in [0.5, 0.6) is 0 Å². The Bertz CT molecular complexity index is 837. The molecule has 1 aromatic heterocycles. The number of thioether (sulfide) groups is 1. The molecule has 0 amide bonds. The van der Waals surface area contributed by atoms with Gasteiger partial charge in [0.05, 0.1) is 23.5 Å². The predicted octanol–water partition coefficient (Wildman–Crippen LogP) is 1.12. The minimum absolute atomic E-state index is 0.168. The second-order valence-electron chi connectivity index (χ2n) is 4.85. The maximum atomic E-state index is 12.1. The van der Waals surface area contributed by atoms with E-state index in [0.29, 0.717) is 16.8 Å². The first-order chi connectivity index (χ1) is 9.47. The van der Waals surface area contributed by atoms with Crippen LogP contribution in [0.1, 0.15) is 18.0 Å². The minimum Gasteiger partial charge on any atom is -0.481 e. The van der Waals surface area contributed by atoms with Crippen LogP contribution in [0.15, 0.2) is 26.6 Å². The van der Waals surface area contributed by atoms with E-state index in [9.17, 15) is 14.4 Å². The van der Waals surface area contributed by atoms with Gasteiger partial charge >= 0.3 is 17.1 Å². The second kappa shape index (κ2) is 4.52. The van der Waals surface area contributed by atoms with Crippen LogP contribution < -0.4 is 11.1 Å². The Kier molecular flexibility index (Phi) is 2.93. The van der Waals surface area contributed by atoms with E-state index in [-0.39, 0.29) is 6.42 Å². The number of carboxylic acids is 1. The Morgan fingerprint density at radius 1 is 1.50 bits per heavy atom. The van der Waals surface area contributed by atoms with Gasteiger partial charge in [-0.15, -0.1) is 11.8 Å². The molecule has 1 aliphatic rings. The number of aromatic nitrogens is 2. The summed E-state index contributed by atoms with van der Waals surface area (Å²) >= 11 is 1.51. The van der Waals surface area contributed by atoms with E-state index in [2.05, 4.69) is 4.98 Å². The van der Waals surface area contributed by atoms with Crippen molar-refractivity contribution in [1.29, 1.82) is 0 Å². The van der Waals surface area contributed by atoms with Crippen LogP contribution in [0, 0.1) is 6.92 Å². The van der Waals surface area contributed by atoms with E-state index >= 15 is 0 Å². The highest BCUT2D eigenvalue weighted by Gasteiger charge is 2.26. The summed E-state index contributed by atoms with van der Waals surface area (Å²) < 4.78 is 1.34. The quantitative estimate of drug-likeness (QED) is 0.809. The number of aliphatic carboxylic acids is 1. The van der Waals surface area contributed by atoms with Crippen LogP contribution in [-0.2, 0) is 4.79 Å². The molecule has 1 atom stereocenters. The Labute approximate surface area is 117 Å². The zero-order chi connectivity index (χ0) is 14.4. The lowest BCUT2D eigenvalue weighted by molar-refractivity contribution is -0.137. The normalized spacial score (nSPS) is 17.4. The van der Waals surface area contributed by atoms with Crippen molar-refractivity contribution in [2.45, 2.75) is 24.3 Å². The lowest BCUT2D eigenvalue weighted by atomic mass is 10.1. The number of H-pyrrole nitrogens is 1. The number of nitrogens with one attached hydrogen (secondary N) is 1. The summed E-state index contributed by atoms with van der Waals surface area (Å²) in [5.41, 5.74) is 0.790. The van der Waals surface area contributed by atoms with Crippen molar-refractivity contribution in [3.8, 4) is 0 Å². The molecule has 1 aromatic carbocycles. The number of hydrogen-bond acceptors (Lipinski definition) is 4. The number of aromatic amines is 1. The SMILES string of the molecule is Cc1cc2c3c(c1)[nH]c(=O)c(=O)n3C(CC(=O)O)CS2. The third-order valence-electron chi connectivity index (χ3n) is 3.33. The van der Waals surface area contributed by atoms with Gasteiger partial charge in [-0.25, -0.2) is 0 Å². The van der Waals surface area contributed by atoms with Crippen molar-refractivity contribution in [1.82, 2.24) is 9.55 Å². The van der Waals surface area contributed by atoms with E-state index in [1.807, 2.05) is 13.0 Å². The topological polar surface area (TPSA) is 92.2 Å². The average molecular weight is 292 g/mol. The fourth-order valence-electron chi connectivity index (χ4n) is 2.55. The highest BCUT2D eigenvalue weighted by atomic mass is 32.2. The highest BCUT2D eigenvalue weighted by molar-refractivity contribution is 7.99. The third kappa shape index (κ3) is 1.94. The highest BCUT2D eigenvalue weighted by Crippen LogP contribution is 2.36. The molecular formula is C13H12N2O4S. The fourth-order valence-corrected chi connectivity index (χ4v) is 3.80. The first-order valence-corrected chi connectivity index (χ1v) is 7.09. The predicted molar refractivity (Wildman–Crippen MR) is 75.6 cm³/mol. The molecule has 0 bridgehead atoms. The minimum atomic E-state index is -0.980. The van der Waals surface area contributed by atoms with Crippen LogP contribution in [0.3, 0.4) is 0 Å². The summed E-state index contributed by atoms with van der Waals surface area (Å²) in [6.07, 6.45) is -0.168. The first kappa shape index (κ1) is 13.0. The fraction of sp³-hybridized carbons (Fsp3) is 0.308. The molecular weight excluding hydrogens is 280 g/mol. The molecule has 0 saturated carbocycles. The van der Waals surface area contributed by atoms with Crippen LogP contribution in [0.4, 0.5) is 0 Å². The molecule has 6 nitrogen and oxygen atoms in total. The average Bonchev–Trinajstić information content (AvgIpc) is 2.36. The van der Waals surface area contributed by atoms with Gasteiger partial charge in [-0.1, -0.05) is 0 Å². The van der Waals surface area contributed by atoms with E-state index < -0.39 is 23.1 Å². The lowest BCUT2D eigenvalue weighted by Gasteiger charge is -2.26. The summed E-state index contributed by atoms with van der Waals surface area (Å²) in [7, 11) is 0. The molecule has 0 fully saturated rings. The molecule has 2 heterocycles. The maximum Gasteiger partial charge on any atom is 0.317 e. The van der Waals surface area contributed by atoms with E-state index in [1.54, 1.807) is 6.07 Å². The number of rotatable bonds is 2. The number of carboxylic acid groups (broad SMARTS) is 1. The Hall–Kier alpha value is -2.02. The Balaban J connectivity index is 2.39. The third-order valence-corrected chi connectivity index (χ3v) is 4.50. The number of carbonyl (C=O) groups is 1. The zero-order valence-electron chi connectivity index (χ0n) is 10.7. The Morgan fingerprint density at radius 3 is 2.95 bits per heavy atom. The molecule has 7 heteroatoms. The zero-order valence-corrected chi connectivity index (χ0v) is 11.5. The van der Waals surface area contributed by atoms with Crippen molar-refractivity contribution in [3.05, 3.63) is 38.4 Å². The van der Waals surface area contributed by atoms with Crippen molar-refractivity contribution >= 4 is 28.8 Å². The molecule has 1 unspecified atom stereocenters. The van der Waals surface area contributed by atoms with Crippen molar-refractivity contribution in [2.75, 3.05) is 5.75 Å². The van der Waals surface area contributed by atoms with Gasteiger partial charge < -0.3 is 10.1 Å². The summed E-state index contributed by atoms with van der Waals surface area (Å²) in [5.74, 6) is -0.507. The van der Waals surface area contributed by atoms with Crippen LogP contribution in [-0.4, -0.2) is 26.4 Å². The molecule has 0 saturated heterocycles. The van der Waals surface area contributed by atoms with Crippen LogP contribution in [0.2, 0.25) is 0 Å². The van der Waals surface area contributed by atoms with Gasteiger partial charge in [0.1, 0.15) is 0 Å². The van der Waals surface area contributed by atoms with Crippen molar-refractivity contribution < 1.29 is 9.90 Å². The van der Waals surface area contributed by atoms with E-state index in [4.69, 9.17) is 5.11 Å². The molecule has 2 N–H and O–H groups in total. The summed E-state index contributed by atoms with van der Waals surface area (Å²) in [6, 6.07) is 3.24. The lowest BCUT2D eigenvalue weighted by Crippen LogP contribution is -2.40. The molecule has 20 heavy (non-hydrogen) atoms. The van der Waals surface area contributed by atoms with Gasteiger partial charge in [0, 0.05) is 10.6 Å². The van der Waals surface area contributed by atoms with Crippen molar-refractivity contribution in [3.63, 3.8) is 0 Å². The van der Waals surface area contributed by atoms with Crippen LogP contribution >= 0.6 is 11.8 Å². The van der Waals surface area contributed by atoms with Gasteiger partial charge in [-0.2, -0.15) is 0 Å². The molecule has 1 aliphatic heterocycles. The molecule has 0 radical (unpaired) electrons. The monoisotopic (exact) mass is 292 g/mol. The largest absolute Gasteiger partial charge is 0.481 e. The maximum absolute atomic E-state index is 12.1. The van der Waals surface area contributed by atoms with Gasteiger partial charge in [-0.3, -0.25) is 19.0 Å².